The molecule has 6 nitrogen and oxygen atoms in total. The molecule has 0 unspecified atom stereocenters. The van der Waals surface area contributed by atoms with Crippen LogP contribution in [0.15, 0.2) is 48.5 Å². The average molecular weight is 324 g/mol. The van der Waals surface area contributed by atoms with E-state index in [0.29, 0.717) is 11.3 Å². The van der Waals surface area contributed by atoms with Gasteiger partial charge >= 0.3 is 5.97 Å². The molecule has 0 aliphatic carbocycles. The first-order chi connectivity index (χ1) is 11.6. The molecule has 2 N–H and O–H groups in total. The zero-order chi connectivity index (χ0) is 17.1. The van der Waals surface area contributed by atoms with E-state index in [-0.39, 0.29) is 18.2 Å². The Bertz CT molecular complexity index is 799. The summed E-state index contributed by atoms with van der Waals surface area (Å²) < 4.78 is 4.62. The molecule has 0 spiro atoms. The summed E-state index contributed by atoms with van der Waals surface area (Å²) >= 11 is 0. The van der Waals surface area contributed by atoms with Crippen molar-refractivity contribution < 1.29 is 19.1 Å². The Labute approximate surface area is 138 Å². The van der Waals surface area contributed by atoms with Crippen LogP contribution in [0.5, 0.6) is 0 Å². The number of nitrogens with one attached hydrogen (secondary N) is 2. The zero-order valence-corrected chi connectivity index (χ0v) is 13.0. The van der Waals surface area contributed by atoms with Gasteiger partial charge in [0.2, 0.25) is 11.8 Å². The van der Waals surface area contributed by atoms with Gasteiger partial charge < -0.3 is 15.4 Å². The van der Waals surface area contributed by atoms with E-state index in [1.165, 1.54) is 7.11 Å². The molecule has 2 aromatic rings. The highest BCUT2D eigenvalue weighted by Crippen LogP contribution is 2.34. The minimum absolute atomic E-state index is 0.0571. The van der Waals surface area contributed by atoms with Gasteiger partial charge in [-0.1, -0.05) is 18.2 Å². The SMILES string of the molecule is COC(=O)c1ccc(NC(=O)C[C@@H]2C(=O)Nc3ccccc32)cc1. The van der Waals surface area contributed by atoms with E-state index < -0.39 is 11.9 Å². The molecule has 3 rings (SSSR count). The Morgan fingerprint density at radius 1 is 1.12 bits per heavy atom. The number of amides is 2. The van der Waals surface area contributed by atoms with Gasteiger partial charge in [0.05, 0.1) is 18.6 Å². The van der Waals surface area contributed by atoms with E-state index in [0.717, 1.165) is 11.3 Å². The molecule has 0 saturated heterocycles. The summed E-state index contributed by atoms with van der Waals surface area (Å²) in [5.41, 5.74) is 2.54. The molecule has 1 aliphatic heterocycles. The fourth-order valence-corrected chi connectivity index (χ4v) is 2.68. The van der Waals surface area contributed by atoms with Crippen LogP contribution in [0, 0.1) is 0 Å². The topological polar surface area (TPSA) is 84.5 Å². The number of hydrogen-bond acceptors (Lipinski definition) is 4. The lowest BCUT2D eigenvalue weighted by Gasteiger charge is -2.10. The van der Waals surface area contributed by atoms with Crippen LogP contribution in [0.3, 0.4) is 0 Å². The molecule has 6 heteroatoms. The minimum Gasteiger partial charge on any atom is -0.465 e. The molecule has 0 fully saturated rings. The summed E-state index contributed by atoms with van der Waals surface area (Å²) in [7, 11) is 1.31. The van der Waals surface area contributed by atoms with Crippen LogP contribution in [0.1, 0.15) is 28.3 Å². The Kier molecular flexibility index (Phi) is 4.29. The number of para-hydroxylation sites is 1. The van der Waals surface area contributed by atoms with Crippen molar-refractivity contribution in [3.63, 3.8) is 0 Å². The van der Waals surface area contributed by atoms with E-state index in [9.17, 15) is 14.4 Å². The Morgan fingerprint density at radius 3 is 2.54 bits per heavy atom. The lowest BCUT2D eigenvalue weighted by molar-refractivity contribution is -0.122. The molecule has 122 valence electrons. The standard InChI is InChI=1S/C18H16N2O4/c1-24-18(23)11-6-8-12(9-7-11)19-16(21)10-14-13-4-2-3-5-15(13)20-17(14)22/h2-9,14H,10H2,1H3,(H,19,21)(H,20,22)/t14-/m0/s1. The summed E-state index contributed by atoms with van der Waals surface area (Å²) in [5, 5.41) is 5.51. The minimum atomic E-state index is -0.490. The predicted octanol–water partition coefficient (Wildman–Crippen LogP) is 2.54. The van der Waals surface area contributed by atoms with Crippen LogP contribution < -0.4 is 10.6 Å². The molecular formula is C18H16N2O4. The van der Waals surface area contributed by atoms with Crippen LogP contribution in [0.25, 0.3) is 0 Å². The molecular weight excluding hydrogens is 308 g/mol. The number of benzene rings is 2. The Balaban J connectivity index is 1.66. The van der Waals surface area contributed by atoms with Crippen LogP contribution in [0.2, 0.25) is 0 Å². The van der Waals surface area contributed by atoms with E-state index >= 15 is 0 Å². The highest BCUT2D eigenvalue weighted by molar-refractivity contribution is 6.06. The number of fused-ring (bicyclic) bond motifs is 1. The van der Waals surface area contributed by atoms with Crippen LogP contribution in [-0.2, 0) is 14.3 Å². The summed E-state index contributed by atoms with van der Waals surface area (Å²) in [6.07, 6.45) is 0.0571. The maximum Gasteiger partial charge on any atom is 0.337 e. The number of carbonyl (C=O) groups excluding carboxylic acids is 3. The molecule has 0 bridgehead atoms. The van der Waals surface area contributed by atoms with E-state index in [2.05, 4.69) is 15.4 Å². The fourth-order valence-electron chi connectivity index (χ4n) is 2.68. The smallest absolute Gasteiger partial charge is 0.337 e. The van der Waals surface area contributed by atoms with Crippen molar-refractivity contribution in [2.75, 3.05) is 17.7 Å². The second kappa shape index (κ2) is 6.54. The van der Waals surface area contributed by atoms with Crippen molar-refractivity contribution in [2.45, 2.75) is 12.3 Å². The second-order valence-corrected chi connectivity index (χ2v) is 5.45. The van der Waals surface area contributed by atoms with Crippen molar-refractivity contribution in [3.8, 4) is 0 Å². The van der Waals surface area contributed by atoms with Gasteiger partial charge in [-0.25, -0.2) is 4.79 Å². The van der Waals surface area contributed by atoms with Gasteiger partial charge in [0.25, 0.3) is 0 Å². The number of methoxy groups -OCH3 is 1. The van der Waals surface area contributed by atoms with Crippen molar-refractivity contribution in [3.05, 3.63) is 59.7 Å². The average Bonchev–Trinajstić information content (AvgIpc) is 2.90. The first-order valence-corrected chi connectivity index (χ1v) is 7.46. The van der Waals surface area contributed by atoms with Gasteiger partial charge in [-0.2, -0.15) is 0 Å². The van der Waals surface area contributed by atoms with Crippen LogP contribution in [0.4, 0.5) is 11.4 Å². The van der Waals surface area contributed by atoms with Gasteiger partial charge in [0.1, 0.15) is 0 Å². The van der Waals surface area contributed by atoms with Crippen LogP contribution >= 0.6 is 0 Å². The number of ether oxygens (including phenoxy) is 1. The third-order valence-corrected chi connectivity index (χ3v) is 3.89. The molecule has 0 saturated carbocycles. The summed E-state index contributed by atoms with van der Waals surface area (Å²) in [6, 6.07) is 13.7. The number of hydrogen-bond donors (Lipinski definition) is 2. The normalized spacial score (nSPS) is 15.4. The summed E-state index contributed by atoms with van der Waals surface area (Å²) in [4.78, 5) is 35.6. The first-order valence-electron chi connectivity index (χ1n) is 7.46. The van der Waals surface area contributed by atoms with Crippen LogP contribution in [-0.4, -0.2) is 24.9 Å². The number of esters is 1. The quantitative estimate of drug-likeness (QED) is 0.847. The molecule has 1 aliphatic rings. The molecule has 0 radical (unpaired) electrons. The molecule has 1 heterocycles. The lowest BCUT2D eigenvalue weighted by atomic mass is 9.97. The molecule has 1 atom stereocenters. The lowest BCUT2D eigenvalue weighted by Crippen LogP contribution is -2.20. The van der Waals surface area contributed by atoms with Gasteiger partial charge in [-0.15, -0.1) is 0 Å². The number of carbonyl (C=O) groups is 3. The largest absolute Gasteiger partial charge is 0.465 e. The Morgan fingerprint density at radius 2 is 1.83 bits per heavy atom. The molecule has 2 aromatic carbocycles. The Hall–Kier alpha value is -3.15. The summed E-state index contributed by atoms with van der Waals surface area (Å²) in [5.74, 6) is -1.37. The highest BCUT2D eigenvalue weighted by atomic mass is 16.5. The fraction of sp³-hybridized carbons (Fsp3) is 0.167. The maximum absolute atomic E-state index is 12.2. The van der Waals surface area contributed by atoms with Crippen molar-refractivity contribution in [1.29, 1.82) is 0 Å². The van der Waals surface area contributed by atoms with Gasteiger partial charge in [-0.05, 0) is 35.9 Å². The summed E-state index contributed by atoms with van der Waals surface area (Å²) in [6.45, 7) is 0. The highest BCUT2D eigenvalue weighted by Gasteiger charge is 2.31. The van der Waals surface area contributed by atoms with Gasteiger partial charge in [0, 0.05) is 17.8 Å². The van der Waals surface area contributed by atoms with E-state index in [1.807, 2.05) is 24.3 Å². The van der Waals surface area contributed by atoms with Crippen molar-refractivity contribution in [2.24, 2.45) is 0 Å². The van der Waals surface area contributed by atoms with E-state index in [4.69, 9.17) is 0 Å². The molecule has 2 amide bonds. The molecule has 24 heavy (non-hydrogen) atoms. The zero-order valence-electron chi connectivity index (χ0n) is 13.0. The molecule has 0 aromatic heterocycles. The van der Waals surface area contributed by atoms with Crippen molar-refractivity contribution >= 4 is 29.2 Å². The van der Waals surface area contributed by atoms with Crippen molar-refractivity contribution in [1.82, 2.24) is 0 Å². The van der Waals surface area contributed by atoms with Gasteiger partial charge in [0.15, 0.2) is 0 Å². The third-order valence-electron chi connectivity index (χ3n) is 3.89. The second-order valence-electron chi connectivity index (χ2n) is 5.45. The van der Waals surface area contributed by atoms with E-state index in [1.54, 1.807) is 24.3 Å². The maximum atomic E-state index is 12.2. The number of rotatable bonds is 4. The predicted molar refractivity (Wildman–Crippen MR) is 88.8 cm³/mol. The van der Waals surface area contributed by atoms with Gasteiger partial charge in [-0.3, -0.25) is 9.59 Å². The third kappa shape index (κ3) is 3.12. The number of anilines is 2. The first kappa shape index (κ1) is 15.7. The monoisotopic (exact) mass is 324 g/mol.